The Morgan fingerprint density at radius 1 is 1.21 bits per heavy atom. The van der Waals surface area contributed by atoms with Crippen LogP contribution in [0.15, 0.2) is 29.3 Å². The molecule has 6 nitrogen and oxygen atoms in total. The minimum Gasteiger partial charge on any atom is -0.497 e. The molecule has 1 unspecified atom stereocenters. The third-order valence-corrected chi connectivity index (χ3v) is 7.07. The lowest BCUT2D eigenvalue weighted by atomic mass is 9.65. The van der Waals surface area contributed by atoms with Gasteiger partial charge in [0.1, 0.15) is 5.75 Å². The van der Waals surface area contributed by atoms with Crippen LogP contribution >= 0.6 is 0 Å². The Hall–Kier alpha value is -1.79. The first-order valence-electron chi connectivity index (χ1n) is 11.1. The fourth-order valence-corrected chi connectivity index (χ4v) is 4.90. The molecule has 2 aliphatic carbocycles. The number of benzene rings is 1. The minimum absolute atomic E-state index is 0.282. The average Bonchev–Trinajstić information content (AvgIpc) is 3.58. The van der Waals surface area contributed by atoms with E-state index in [0.29, 0.717) is 5.41 Å². The highest BCUT2D eigenvalue weighted by atomic mass is 16.5. The van der Waals surface area contributed by atoms with Gasteiger partial charge in [-0.05, 0) is 54.7 Å². The fraction of sp³-hybridized carbons (Fsp3) is 0.696. The fourth-order valence-electron chi connectivity index (χ4n) is 4.90. The normalized spacial score (nSPS) is 23.2. The highest BCUT2D eigenvalue weighted by molar-refractivity contribution is 5.79. The second kappa shape index (κ2) is 9.35. The third-order valence-electron chi connectivity index (χ3n) is 7.07. The first-order valence-corrected chi connectivity index (χ1v) is 11.1. The van der Waals surface area contributed by atoms with E-state index in [0.717, 1.165) is 57.0 Å². The number of nitrogens with zero attached hydrogens (tertiary/aromatic N) is 2. The maximum absolute atomic E-state index is 5.57. The number of hydrogen-bond acceptors (Lipinski definition) is 4. The van der Waals surface area contributed by atoms with Crippen LogP contribution in [0.5, 0.6) is 5.75 Å². The molecule has 1 saturated heterocycles. The lowest BCUT2D eigenvalue weighted by molar-refractivity contribution is 0.0169. The van der Waals surface area contributed by atoms with Crippen LogP contribution in [-0.4, -0.2) is 64.4 Å². The molecule has 160 valence electrons. The van der Waals surface area contributed by atoms with E-state index in [1.54, 1.807) is 7.11 Å². The van der Waals surface area contributed by atoms with Crippen LogP contribution in [0.2, 0.25) is 0 Å². The van der Waals surface area contributed by atoms with Gasteiger partial charge in [-0.2, -0.15) is 0 Å². The maximum Gasteiger partial charge on any atom is 0.191 e. The van der Waals surface area contributed by atoms with Crippen molar-refractivity contribution >= 4 is 5.96 Å². The molecule has 0 aromatic heterocycles. The van der Waals surface area contributed by atoms with E-state index >= 15 is 0 Å². The smallest absolute Gasteiger partial charge is 0.191 e. The van der Waals surface area contributed by atoms with E-state index in [4.69, 9.17) is 9.47 Å². The van der Waals surface area contributed by atoms with Crippen molar-refractivity contribution in [3.8, 4) is 5.75 Å². The lowest BCUT2D eigenvalue weighted by Gasteiger charge is -2.43. The van der Waals surface area contributed by atoms with Crippen molar-refractivity contribution in [1.82, 2.24) is 15.5 Å². The molecule has 3 aliphatic rings. The molecule has 1 aromatic carbocycles. The van der Waals surface area contributed by atoms with Crippen LogP contribution in [0.1, 0.15) is 43.7 Å². The maximum atomic E-state index is 5.57. The van der Waals surface area contributed by atoms with Crippen molar-refractivity contribution in [2.45, 2.75) is 38.1 Å². The molecule has 1 aromatic rings. The zero-order valence-electron chi connectivity index (χ0n) is 18.0. The Morgan fingerprint density at radius 3 is 2.48 bits per heavy atom. The monoisotopic (exact) mass is 400 g/mol. The number of ether oxygens (including phenoxy) is 2. The van der Waals surface area contributed by atoms with E-state index < -0.39 is 0 Å². The molecule has 0 spiro atoms. The topological polar surface area (TPSA) is 58.1 Å². The van der Waals surface area contributed by atoms with Gasteiger partial charge in [0.15, 0.2) is 5.96 Å². The van der Waals surface area contributed by atoms with Gasteiger partial charge in [0, 0.05) is 33.2 Å². The first-order chi connectivity index (χ1) is 14.2. The first kappa shape index (κ1) is 20.5. The molecule has 4 rings (SSSR count). The summed E-state index contributed by atoms with van der Waals surface area (Å²) in [5.74, 6) is 2.76. The van der Waals surface area contributed by atoms with Crippen molar-refractivity contribution in [3.63, 3.8) is 0 Å². The van der Waals surface area contributed by atoms with Crippen LogP contribution in [-0.2, 0) is 4.74 Å². The van der Waals surface area contributed by atoms with Gasteiger partial charge in [-0.3, -0.25) is 9.89 Å². The van der Waals surface area contributed by atoms with Crippen molar-refractivity contribution < 1.29 is 9.47 Å². The Kier molecular flexibility index (Phi) is 6.60. The van der Waals surface area contributed by atoms with Crippen molar-refractivity contribution in [2.24, 2.45) is 16.3 Å². The molecule has 1 atom stereocenters. The molecule has 29 heavy (non-hydrogen) atoms. The molecule has 2 N–H and O–H groups in total. The lowest BCUT2D eigenvalue weighted by Crippen LogP contribution is -2.50. The number of methoxy groups -OCH3 is 1. The summed E-state index contributed by atoms with van der Waals surface area (Å²) in [6, 6.07) is 8.72. The van der Waals surface area contributed by atoms with Gasteiger partial charge < -0.3 is 20.1 Å². The second-order valence-electron chi connectivity index (χ2n) is 8.73. The quantitative estimate of drug-likeness (QED) is 0.519. The van der Waals surface area contributed by atoms with Crippen LogP contribution < -0.4 is 15.4 Å². The van der Waals surface area contributed by atoms with Crippen LogP contribution in [0.4, 0.5) is 0 Å². The van der Waals surface area contributed by atoms with Crippen LogP contribution in [0, 0.1) is 11.3 Å². The van der Waals surface area contributed by atoms with E-state index in [2.05, 4.69) is 32.7 Å². The highest BCUT2D eigenvalue weighted by Gasteiger charge is 2.48. The van der Waals surface area contributed by atoms with Gasteiger partial charge in [0.2, 0.25) is 0 Å². The molecule has 0 amide bonds. The molecule has 1 aliphatic heterocycles. The van der Waals surface area contributed by atoms with Gasteiger partial charge in [-0.1, -0.05) is 18.6 Å². The Morgan fingerprint density at radius 2 is 1.93 bits per heavy atom. The summed E-state index contributed by atoms with van der Waals surface area (Å²) in [5.41, 5.74) is 1.83. The standard InChI is InChI=1S/C23H36N4O2/c1-24-22(26-17-23(10-3-11-23)19-6-7-19)25-16-21(27-12-14-29-15-13-27)18-4-8-20(28-2)9-5-18/h4-5,8-9,19,21H,3,6-7,10-17H2,1-2H3,(H2,24,25,26). The number of aliphatic imine (C=N–C) groups is 1. The molecule has 0 bridgehead atoms. The van der Waals surface area contributed by atoms with Crippen molar-refractivity contribution in [3.05, 3.63) is 29.8 Å². The van der Waals surface area contributed by atoms with Gasteiger partial charge in [0.25, 0.3) is 0 Å². The number of morpholine rings is 1. The Bertz CT molecular complexity index is 677. The number of nitrogens with one attached hydrogen (secondary N) is 2. The molecule has 2 saturated carbocycles. The van der Waals surface area contributed by atoms with E-state index in [-0.39, 0.29) is 6.04 Å². The summed E-state index contributed by atoms with van der Waals surface area (Å²) in [4.78, 5) is 7.00. The largest absolute Gasteiger partial charge is 0.497 e. The molecule has 1 heterocycles. The average molecular weight is 401 g/mol. The predicted molar refractivity (Wildman–Crippen MR) is 116 cm³/mol. The highest BCUT2D eigenvalue weighted by Crippen LogP contribution is 2.56. The second-order valence-corrected chi connectivity index (χ2v) is 8.73. The van der Waals surface area contributed by atoms with Crippen LogP contribution in [0.3, 0.4) is 0 Å². The van der Waals surface area contributed by atoms with E-state index in [1.807, 2.05) is 19.2 Å². The number of hydrogen-bond donors (Lipinski definition) is 2. The molecular weight excluding hydrogens is 364 g/mol. The molecule has 6 heteroatoms. The van der Waals surface area contributed by atoms with Gasteiger partial charge in [0.05, 0.1) is 26.4 Å². The van der Waals surface area contributed by atoms with Gasteiger partial charge in [-0.15, -0.1) is 0 Å². The number of rotatable bonds is 8. The third kappa shape index (κ3) is 4.86. The van der Waals surface area contributed by atoms with E-state index in [9.17, 15) is 0 Å². The van der Waals surface area contributed by atoms with Gasteiger partial charge in [-0.25, -0.2) is 0 Å². The summed E-state index contributed by atoms with van der Waals surface area (Å²) in [7, 11) is 3.58. The Balaban J connectivity index is 1.37. The summed E-state index contributed by atoms with van der Waals surface area (Å²) in [6.07, 6.45) is 6.99. The zero-order chi connectivity index (χ0) is 20.1. The van der Waals surface area contributed by atoms with Gasteiger partial charge >= 0.3 is 0 Å². The Labute approximate surface area is 175 Å². The molecule has 0 radical (unpaired) electrons. The summed E-state index contributed by atoms with van der Waals surface area (Å²) >= 11 is 0. The number of guanidine groups is 1. The predicted octanol–water partition coefficient (Wildman–Crippen LogP) is 2.81. The summed E-state index contributed by atoms with van der Waals surface area (Å²) < 4.78 is 10.9. The zero-order valence-corrected chi connectivity index (χ0v) is 18.0. The van der Waals surface area contributed by atoms with Crippen LogP contribution in [0.25, 0.3) is 0 Å². The summed E-state index contributed by atoms with van der Waals surface area (Å²) in [6.45, 7) is 5.38. The summed E-state index contributed by atoms with van der Waals surface area (Å²) in [5, 5.41) is 7.24. The molecule has 3 fully saturated rings. The van der Waals surface area contributed by atoms with Crippen molar-refractivity contribution in [2.75, 3.05) is 53.6 Å². The minimum atomic E-state index is 0.282. The SMILES string of the molecule is CN=C(NCC(c1ccc(OC)cc1)N1CCOCC1)NCC1(C2CC2)CCC1. The van der Waals surface area contributed by atoms with Crippen molar-refractivity contribution in [1.29, 1.82) is 0 Å². The van der Waals surface area contributed by atoms with E-state index in [1.165, 1.54) is 37.7 Å². The molecular formula is C23H36N4O2.